The molecule has 0 spiro atoms. The van der Waals surface area contributed by atoms with Gasteiger partial charge in [-0.15, -0.1) is 5.92 Å². The average Bonchev–Trinajstić information content (AvgIpc) is 2.97. The van der Waals surface area contributed by atoms with Gasteiger partial charge in [-0.2, -0.15) is 0 Å². The van der Waals surface area contributed by atoms with E-state index >= 15 is 0 Å². The fraction of sp³-hybridized carbons (Fsp3) is 0.800. The second kappa shape index (κ2) is 11.7. The van der Waals surface area contributed by atoms with Crippen molar-refractivity contribution in [3.05, 3.63) is 12.2 Å². The van der Waals surface area contributed by atoms with E-state index in [1.54, 1.807) is 0 Å². The normalized spacial score (nSPS) is 36.0. The van der Waals surface area contributed by atoms with Crippen LogP contribution in [0.3, 0.4) is 0 Å². The van der Waals surface area contributed by atoms with E-state index in [-0.39, 0.29) is 30.0 Å². The standard InChI is InChI=1S/C25H40O3/c1-6-10-22-16-19(3)15-18(2)11-9-13-23-17-21(5)24(27-23)14-8-7-12-20(4)25(26)28-22/h18,20-24H,3,6-8,10,12-17H2,1-2,4-5H3/t18-,20-,21-,22?,23-,24-/m0/s1. The summed E-state index contributed by atoms with van der Waals surface area (Å²) in [4.78, 5) is 12.5. The van der Waals surface area contributed by atoms with E-state index in [2.05, 4.69) is 39.2 Å². The molecule has 0 aromatic heterocycles. The predicted molar refractivity (Wildman–Crippen MR) is 115 cm³/mol. The maximum atomic E-state index is 12.5. The molecule has 0 aromatic carbocycles. The summed E-state index contributed by atoms with van der Waals surface area (Å²) in [6.07, 6.45) is 10.2. The van der Waals surface area contributed by atoms with Crippen molar-refractivity contribution < 1.29 is 14.3 Å². The summed E-state index contributed by atoms with van der Waals surface area (Å²) in [7, 11) is 0. The van der Waals surface area contributed by atoms with Crippen LogP contribution in [0, 0.1) is 29.6 Å². The minimum atomic E-state index is -0.0502. The Morgan fingerprint density at radius 1 is 1.14 bits per heavy atom. The van der Waals surface area contributed by atoms with Gasteiger partial charge in [0.25, 0.3) is 0 Å². The van der Waals surface area contributed by atoms with Crippen LogP contribution >= 0.6 is 0 Å². The van der Waals surface area contributed by atoms with E-state index in [1.807, 2.05) is 6.92 Å². The highest BCUT2D eigenvalue weighted by Crippen LogP contribution is 2.31. The van der Waals surface area contributed by atoms with Gasteiger partial charge in [-0.25, -0.2) is 0 Å². The molecular weight excluding hydrogens is 348 g/mol. The van der Waals surface area contributed by atoms with Crippen LogP contribution in [0.4, 0.5) is 0 Å². The third-order valence-electron chi connectivity index (χ3n) is 6.10. The summed E-state index contributed by atoms with van der Waals surface area (Å²) in [5, 5.41) is 0. The van der Waals surface area contributed by atoms with E-state index in [0.29, 0.717) is 12.0 Å². The van der Waals surface area contributed by atoms with Crippen molar-refractivity contribution in [3.63, 3.8) is 0 Å². The summed E-state index contributed by atoms with van der Waals surface area (Å²) >= 11 is 0. The second-order valence-electron chi connectivity index (χ2n) is 9.13. The zero-order chi connectivity index (χ0) is 20.5. The Morgan fingerprint density at radius 2 is 1.89 bits per heavy atom. The second-order valence-corrected chi connectivity index (χ2v) is 9.13. The van der Waals surface area contributed by atoms with Gasteiger partial charge in [0.15, 0.2) is 0 Å². The molecule has 2 aliphatic heterocycles. The molecule has 0 radical (unpaired) electrons. The summed E-state index contributed by atoms with van der Waals surface area (Å²) in [6, 6.07) is 0. The Bertz CT molecular complexity index is 570. The molecule has 28 heavy (non-hydrogen) atoms. The summed E-state index contributed by atoms with van der Waals surface area (Å²) in [5.41, 5.74) is 1.13. The van der Waals surface area contributed by atoms with Crippen molar-refractivity contribution in [2.24, 2.45) is 17.8 Å². The molecule has 0 N–H and O–H groups in total. The largest absolute Gasteiger partial charge is 0.462 e. The maximum absolute atomic E-state index is 12.5. The van der Waals surface area contributed by atoms with Gasteiger partial charge in [-0.3, -0.25) is 4.79 Å². The Balaban J connectivity index is 2.04. The molecule has 1 fully saturated rings. The van der Waals surface area contributed by atoms with E-state index in [1.165, 1.54) is 0 Å². The van der Waals surface area contributed by atoms with Crippen molar-refractivity contribution in [1.82, 2.24) is 0 Å². The first-order valence-corrected chi connectivity index (χ1v) is 11.4. The first kappa shape index (κ1) is 23.0. The fourth-order valence-corrected chi connectivity index (χ4v) is 4.44. The number of carbonyl (C=O) groups is 1. The number of hydrogen-bond acceptors (Lipinski definition) is 3. The molecule has 2 heterocycles. The molecule has 0 amide bonds. The van der Waals surface area contributed by atoms with Crippen LogP contribution in [-0.2, 0) is 14.3 Å². The zero-order valence-electron chi connectivity index (χ0n) is 18.5. The van der Waals surface area contributed by atoms with Crippen LogP contribution in [0.1, 0.15) is 91.9 Å². The first-order chi connectivity index (χ1) is 13.4. The Kier molecular flexibility index (Phi) is 9.59. The van der Waals surface area contributed by atoms with Crippen LogP contribution < -0.4 is 0 Å². The van der Waals surface area contributed by atoms with Crippen molar-refractivity contribution in [2.45, 2.75) is 110 Å². The summed E-state index contributed by atoms with van der Waals surface area (Å²) in [6.45, 7) is 12.8. The number of carbonyl (C=O) groups excluding carboxylic acids is 1. The number of cyclic esters (lactones) is 1. The topological polar surface area (TPSA) is 35.5 Å². The van der Waals surface area contributed by atoms with Crippen molar-refractivity contribution in [2.75, 3.05) is 0 Å². The van der Waals surface area contributed by atoms with Crippen molar-refractivity contribution in [3.8, 4) is 11.8 Å². The molecule has 2 aliphatic rings. The van der Waals surface area contributed by atoms with E-state index in [9.17, 15) is 4.79 Å². The SMILES string of the molecule is C=C1CC(CCC)OC(=O)[C@@H](C)CCCC[C@@H]2O[C@@H](CC#C[C@H](C)C1)C[C@@H]2C. The molecule has 0 saturated carbocycles. The van der Waals surface area contributed by atoms with Gasteiger partial charge < -0.3 is 9.47 Å². The molecule has 0 aliphatic carbocycles. The van der Waals surface area contributed by atoms with Gasteiger partial charge in [0.2, 0.25) is 0 Å². The van der Waals surface area contributed by atoms with Crippen LogP contribution in [-0.4, -0.2) is 24.3 Å². The van der Waals surface area contributed by atoms with E-state index in [0.717, 1.165) is 69.8 Å². The fourth-order valence-electron chi connectivity index (χ4n) is 4.44. The lowest BCUT2D eigenvalue weighted by Crippen LogP contribution is -2.24. The number of esters is 1. The van der Waals surface area contributed by atoms with Gasteiger partial charge in [0.1, 0.15) is 6.10 Å². The zero-order valence-corrected chi connectivity index (χ0v) is 18.5. The molecule has 2 bridgehead atoms. The molecule has 2 rings (SSSR count). The van der Waals surface area contributed by atoms with Crippen LogP contribution in [0.15, 0.2) is 12.2 Å². The lowest BCUT2D eigenvalue weighted by Gasteiger charge is -2.22. The third-order valence-corrected chi connectivity index (χ3v) is 6.10. The molecule has 158 valence electrons. The first-order valence-electron chi connectivity index (χ1n) is 11.4. The Hall–Kier alpha value is -1.27. The summed E-state index contributed by atoms with van der Waals surface area (Å²) < 4.78 is 12.1. The van der Waals surface area contributed by atoms with E-state index in [4.69, 9.17) is 9.47 Å². The van der Waals surface area contributed by atoms with Gasteiger partial charge >= 0.3 is 5.97 Å². The maximum Gasteiger partial charge on any atom is 0.308 e. The Labute approximate surface area is 172 Å². The average molecular weight is 389 g/mol. The van der Waals surface area contributed by atoms with Crippen molar-refractivity contribution >= 4 is 5.97 Å². The molecule has 1 saturated heterocycles. The van der Waals surface area contributed by atoms with Crippen LogP contribution in [0.5, 0.6) is 0 Å². The van der Waals surface area contributed by atoms with Crippen LogP contribution in [0.2, 0.25) is 0 Å². The van der Waals surface area contributed by atoms with Gasteiger partial charge in [-0.05, 0) is 38.0 Å². The van der Waals surface area contributed by atoms with Crippen molar-refractivity contribution in [1.29, 1.82) is 0 Å². The van der Waals surface area contributed by atoms with Crippen LogP contribution in [0.25, 0.3) is 0 Å². The molecular formula is C25H40O3. The minimum Gasteiger partial charge on any atom is -0.462 e. The lowest BCUT2D eigenvalue weighted by atomic mass is 9.95. The third kappa shape index (κ3) is 7.63. The molecule has 3 heteroatoms. The molecule has 3 nitrogen and oxygen atoms in total. The highest BCUT2D eigenvalue weighted by Gasteiger charge is 2.31. The minimum absolute atomic E-state index is 0.0361. The lowest BCUT2D eigenvalue weighted by molar-refractivity contribution is -0.154. The predicted octanol–water partition coefficient (Wildman–Crippen LogP) is 6.07. The molecule has 1 unspecified atom stereocenters. The number of rotatable bonds is 2. The number of fused-ring (bicyclic) bond motifs is 2. The number of hydrogen-bond donors (Lipinski definition) is 0. The van der Waals surface area contributed by atoms with Gasteiger partial charge in [0, 0.05) is 18.8 Å². The van der Waals surface area contributed by atoms with E-state index < -0.39 is 0 Å². The smallest absolute Gasteiger partial charge is 0.308 e. The monoisotopic (exact) mass is 388 g/mol. The number of ether oxygens (including phenoxy) is 2. The quantitative estimate of drug-likeness (QED) is 0.327. The molecule has 6 atom stereocenters. The summed E-state index contributed by atoms with van der Waals surface area (Å²) in [5.74, 6) is 7.52. The highest BCUT2D eigenvalue weighted by atomic mass is 16.5. The van der Waals surface area contributed by atoms with Gasteiger partial charge in [0.05, 0.1) is 18.1 Å². The van der Waals surface area contributed by atoms with Gasteiger partial charge in [-0.1, -0.05) is 65.0 Å². The highest BCUT2D eigenvalue weighted by molar-refractivity contribution is 5.72. The molecule has 0 aromatic rings. The Morgan fingerprint density at radius 3 is 2.64 bits per heavy atom.